The van der Waals surface area contributed by atoms with Gasteiger partial charge < -0.3 is 10.1 Å². The van der Waals surface area contributed by atoms with Gasteiger partial charge in [-0.1, -0.05) is 37.3 Å². The smallest absolute Gasteiger partial charge is 0.266 e. The minimum atomic E-state index is -2.62. The lowest BCUT2D eigenvalue weighted by molar-refractivity contribution is 0.282. The van der Waals surface area contributed by atoms with Gasteiger partial charge >= 0.3 is 0 Å². The van der Waals surface area contributed by atoms with Crippen molar-refractivity contribution >= 4 is 43.2 Å². The second kappa shape index (κ2) is 8.31. The highest BCUT2D eigenvalue weighted by Gasteiger charge is 2.17. The van der Waals surface area contributed by atoms with Crippen LogP contribution in [0.4, 0.5) is 0 Å². The molecule has 0 spiro atoms. The number of aryl methyl sites for hydroxylation is 1. The number of aromatic amines is 1. The van der Waals surface area contributed by atoms with Crippen molar-refractivity contribution in [3.05, 3.63) is 68.8 Å². The predicted octanol–water partition coefficient (Wildman–Crippen LogP) is 3.43. The summed E-state index contributed by atoms with van der Waals surface area (Å²) in [5, 5.41) is 13.8. The number of fused-ring (bicyclic) bond motifs is 3. The van der Waals surface area contributed by atoms with Crippen LogP contribution in [-0.2, 0) is 17.5 Å². The lowest BCUT2D eigenvalue weighted by atomic mass is 9.90. The minimum absolute atomic E-state index is 0.0268. The van der Waals surface area contributed by atoms with Gasteiger partial charge in [0, 0.05) is 17.3 Å². The van der Waals surface area contributed by atoms with E-state index in [9.17, 15) is 18.3 Å². The summed E-state index contributed by atoms with van der Waals surface area (Å²) >= 11 is 1.40. The quantitative estimate of drug-likeness (QED) is 0.344. The lowest BCUT2D eigenvalue weighted by Crippen LogP contribution is -2.18. The molecule has 0 fully saturated rings. The number of aromatic nitrogens is 1. The van der Waals surface area contributed by atoms with E-state index in [2.05, 4.69) is 9.71 Å². The normalized spacial score (nSPS) is 12.8. The first kappa shape index (κ1) is 20.7. The second-order valence-corrected chi connectivity index (χ2v) is 9.14. The summed E-state index contributed by atoms with van der Waals surface area (Å²) in [6.07, 6.45) is 0. The van der Waals surface area contributed by atoms with Crippen LogP contribution >= 0.6 is 11.3 Å². The molecule has 0 aliphatic rings. The number of benzene rings is 2. The number of thiol groups is 1. The molecule has 0 saturated heterocycles. The number of H-pyrrole nitrogens is 1. The molecule has 0 bridgehead atoms. The zero-order chi connectivity index (χ0) is 21.4. The average Bonchev–Trinajstić information content (AvgIpc) is 3.23. The predicted molar refractivity (Wildman–Crippen MR) is 123 cm³/mol. The molecule has 0 amide bonds. The highest BCUT2D eigenvalue weighted by Crippen LogP contribution is 2.38. The summed E-state index contributed by atoms with van der Waals surface area (Å²) in [7, 11) is -2.62. The first-order valence-electron chi connectivity index (χ1n) is 9.55. The molecule has 1 unspecified atom stereocenters. The van der Waals surface area contributed by atoms with Gasteiger partial charge in [0.1, 0.15) is 4.70 Å². The molecule has 0 saturated carbocycles. The molecule has 4 aromatic rings. The van der Waals surface area contributed by atoms with Crippen molar-refractivity contribution in [1.82, 2.24) is 9.71 Å². The second-order valence-electron chi connectivity index (χ2n) is 7.40. The number of hydrogen-bond donors (Lipinski definition) is 4. The standard InChI is InChI=1S/C22H22N2O4S2/c1-12-9-16(11-25)18(19-17-7-8-29-21(17)22(26)24-20(12)19)15-5-3-14(4-6-15)13(2)10-23-30(27)28/h3-9,13,25,30H,10-11H2,1-2H3,(H,24,26)(H,23,27,28). The van der Waals surface area contributed by atoms with Gasteiger partial charge in [0.2, 0.25) is 10.9 Å². The summed E-state index contributed by atoms with van der Waals surface area (Å²) in [6.45, 7) is 4.11. The molecule has 1 atom stereocenters. The number of pyridine rings is 1. The summed E-state index contributed by atoms with van der Waals surface area (Å²) in [6, 6.07) is 11.8. The van der Waals surface area contributed by atoms with Gasteiger partial charge in [-0.05, 0) is 52.1 Å². The van der Waals surface area contributed by atoms with Gasteiger partial charge in [-0.3, -0.25) is 4.79 Å². The summed E-state index contributed by atoms with van der Waals surface area (Å²) in [4.78, 5) is 15.5. The largest absolute Gasteiger partial charge is 0.392 e. The Hall–Kier alpha value is -2.52. The van der Waals surface area contributed by atoms with Crippen molar-refractivity contribution in [2.45, 2.75) is 26.4 Å². The Kier molecular flexibility index (Phi) is 5.75. The van der Waals surface area contributed by atoms with E-state index in [4.69, 9.17) is 0 Å². The van der Waals surface area contributed by atoms with E-state index in [0.29, 0.717) is 11.2 Å². The number of rotatable bonds is 6. The highest BCUT2D eigenvalue weighted by molar-refractivity contribution is 7.70. The number of aliphatic hydroxyl groups is 1. The monoisotopic (exact) mass is 442 g/mol. The first-order valence-corrected chi connectivity index (χ1v) is 11.6. The molecule has 8 heteroatoms. The summed E-state index contributed by atoms with van der Waals surface area (Å²) < 4.78 is 24.7. The van der Waals surface area contributed by atoms with Gasteiger partial charge in [-0.15, -0.1) is 11.3 Å². The molecule has 3 N–H and O–H groups in total. The topological polar surface area (TPSA) is 99.3 Å². The summed E-state index contributed by atoms with van der Waals surface area (Å²) in [5.74, 6) is 0.0268. The fourth-order valence-electron chi connectivity index (χ4n) is 3.93. The first-order chi connectivity index (χ1) is 14.4. The van der Waals surface area contributed by atoms with E-state index in [1.807, 2.05) is 55.6 Å². The molecule has 2 aromatic heterocycles. The number of thiophene rings is 1. The third-order valence-electron chi connectivity index (χ3n) is 5.45. The maximum Gasteiger partial charge on any atom is 0.266 e. The molecule has 0 aliphatic carbocycles. The van der Waals surface area contributed by atoms with Crippen LogP contribution in [0.3, 0.4) is 0 Å². The van der Waals surface area contributed by atoms with Crippen LogP contribution in [0.15, 0.2) is 46.6 Å². The third-order valence-corrected chi connectivity index (χ3v) is 6.80. The third kappa shape index (κ3) is 3.67. The van der Waals surface area contributed by atoms with Gasteiger partial charge in [0.15, 0.2) is 0 Å². The van der Waals surface area contributed by atoms with Gasteiger partial charge in [0.05, 0.1) is 12.1 Å². The minimum Gasteiger partial charge on any atom is -0.392 e. The van der Waals surface area contributed by atoms with Crippen molar-refractivity contribution in [1.29, 1.82) is 0 Å². The molecule has 30 heavy (non-hydrogen) atoms. The van der Waals surface area contributed by atoms with E-state index in [1.165, 1.54) is 11.3 Å². The van der Waals surface area contributed by atoms with Crippen molar-refractivity contribution in [2.24, 2.45) is 0 Å². The van der Waals surface area contributed by atoms with Gasteiger partial charge in [-0.25, -0.2) is 13.1 Å². The Bertz CT molecular complexity index is 1360. The summed E-state index contributed by atoms with van der Waals surface area (Å²) in [5.41, 5.74) is 5.22. The van der Waals surface area contributed by atoms with Crippen molar-refractivity contribution in [3.63, 3.8) is 0 Å². The van der Waals surface area contributed by atoms with E-state index < -0.39 is 10.9 Å². The molecule has 0 radical (unpaired) electrons. The SMILES string of the molecule is Cc1cc(CO)c(-c2ccc(C(C)CN[SH](=O)=O)cc2)c2c1[nH]c(=O)c1sccc12. The van der Waals surface area contributed by atoms with E-state index in [1.54, 1.807) is 0 Å². The molecule has 4 rings (SSSR count). The molecule has 6 nitrogen and oxygen atoms in total. The highest BCUT2D eigenvalue weighted by atomic mass is 32.2. The molecule has 156 valence electrons. The Balaban J connectivity index is 1.91. The zero-order valence-electron chi connectivity index (χ0n) is 16.6. The number of nitrogens with one attached hydrogen (secondary N) is 2. The van der Waals surface area contributed by atoms with E-state index in [-0.39, 0.29) is 18.1 Å². The van der Waals surface area contributed by atoms with Crippen LogP contribution in [0.2, 0.25) is 0 Å². The maximum atomic E-state index is 12.5. The van der Waals surface area contributed by atoms with Crippen molar-refractivity contribution < 1.29 is 13.5 Å². The fraction of sp³-hybridized carbons (Fsp3) is 0.227. The van der Waals surface area contributed by atoms with E-state index >= 15 is 0 Å². The molecule has 0 aliphatic heterocycles. The van der Waals surface area contributed by atoms with Crippen molar-refractivity contribution in [3.8, 4) is 11.1 Å². The Morgan fingerprint density at radius 3 is 2.60 bits per heavy atom. The average molecular weight is 443 g/mol. The lowest BCUT2D eigenvalue weighted by Gasteiger charge is -2.17. The van der Waals surface area contributed by atoms with Crippen LogP contribution in [0, 0.1) is 6.92 Å². The maximum absolute atomic E-state index is 12.5. The Labute approximate surface area is 179 Å². The van der Waals surface area contributed by atoms with Crippen LogP contribution in [0.25, 0.3) is 32.1 Å². The van der Waals surface area contributed by atoms with E-state index in [0.717, 1.165) is 44.1 Å². The fourth-order valence-corrected chi connectivity index (χ4v) is 5.15. The van der Waals surface area contributed by atoms with Gasteiger partial charge in [0.25, 0.3) is 5.56 Å². The number of hydrogen-bond acceptors (Lipinski definition) is 5. The van der Waals surface area contributed by atoms with Crippen LogP contribution in [0.1, 0.15) is 29.5 Å². The Morgan fingerprint density at radius 2 is 1.93 bits per heavy atom. The molecular formula is C22H22N2O4S2. The van der Waals surface area contributed by atoms with Crippen LogP contribution < -0.4 is 10.3 Å². The Morgan fingerprint density at radius 1 is 1.20 bits per heavy atom. The van der Waals surface area contributed by atoms with Crippen LogP contribution in [0.5, 0.6) is 0 Å². The zero-order valence-corrected chi connectivity index (χ0v) is 18.3. The van der Waals surface area contributed by atoms with Crippen LogP contribution in [-0.4, -0.2) is 25.1 Å². The van der Waals surface area contributed by atoms with Crippen molar-refractivity contribution in [2.75, 3.05) is 6.54 Å². The molecular weight excluding hydrogens is 420 g/mol. The molecule has 2 aromatic carbocycles. The number of aliphatic hydroxyl groups excluding tert-OH is 1. The molecule has 2 heterocycles. The van der Waals surface area contributed by atoms with Gasteiger partial charge in [-0.2, -0.15) is 0 Å².